The molecule has 5 fully saturated rings. The summed E-state index contributed by atoms with van der Waals surface area (Å²) < 4.78 is 6.15. The van der Waals surface area contributed by atoms with Crippen LogP contribution in [0, 0.1) is 39.9 Å². The Morgan fingerprint density at radius 1 is 1.10 bits per heavy atom. The first-order chi connectivity index (χ1) is 9.87. The quantitative estimate of drug-likeness (QED) is 0.712. The molecule has 2 bridgehead atoms. The Kier molecular flexibility index (Phi) is 2.17. The standard InChI is InChI=1S/C19H28O2/c1-17-9-13-8-15(18(2,10-17)19(13,17)3)21-16(20)14-7-11-4-5-12(14)6-11/h11-15H,4-10H2,1-3H3. The van der Waals surface area contributed by atoms with Gasteiger partial charge in [0.05, 0.1) is 5.92 Å². The Hall–Kier alpha value is -0.530. The normalized spacial score (nSPS) is 62.9. The van der Waals surface area contributed by atoms with Crippen LogP contribution in [0.15, 0.2) is 0 Å². The zero-order valence-electron chi connectivity index (χ0n) is 13.7. The molecule has 0 spiro atoms. The SMILES string of the molecule is CC12CC3CC(OC(=O)C4CC5CCC4C5)C(C)(C1)C32C. The molecule has 8 unspecified atom stereocenters. The maximum atomic E-state index is 12.7. The fourth-order valence-corrected chi connectivity index (χ4v) is 7.85. The van der Waals surface area contributed by atoms with Crippen molar-refractivity contribution in [3.8, 4) is 0 Å². The van der Waals surface area contributed by atoms with E-state index in [-0.39, 0.29) is 23.4 Å². The average Bonchev–Trinajstić information content (AvgIpc) is 3.07. The molecule has 5 aliphatic rings. The summed E-state index contributed by atoms with van der Waals surface area (Å²) in [6.45, 7) is 7.31. The van der Waals surface area contributed by atoms with Crippen molar-refractivity contribution in [2.24, 2.45) is 39.9 Å². The molecule has 5 saturated carbocycles. The van der Waals surface area contributed by atoms with Crippen LogP contribution in [0.1, 0.15) is 65.7 Å². The molecule has 2 nitrogen and oxygen atoms in total. The second-order valence-electron chi connectivity index (χ2n) is 9.70. The van der Waals surface area contributed by atoms with E-state index >= 15 is 0 Å². The van der Waals surface area contributed by atoms with Crippen molar-refractivity contribution >= 4 is 5.97 Å². The molecule has 5 aliphatic carbocycles. The molecule has 0 aromatic heterocycles. The lowest BCUT2D eigenvalue weighted by molar-refractivity contribution is -0.288. The first-order valence-electron chi connectivity index (χ1n) is 9.08. The van der Waals surface area contributed by atoms with Crippen LogP contribution >= 0.6 is 0 Å². The number of rotatable bonds is 2. The number of fused-ring (bicyclic) bond motifs is 2. The molecule has 0 N–H and O–H groups in total. The first kappa shape index (κ1) is 13.0. The maximum Gasteiger partial charge on any atom is 0.309 e. The third-order valence-corrected chi connectivity index (χ3v) is 9.22. The summed E-state index contributed by atoms with van der Waals surface area (Å²) in [6.07, 6.45) is 9.00. The molecule has 0 heterocycles. The van der Waals surface area contributed by atoms with E-state index in [1.165, 1.54) is 32.1 Å². The summed E-state index contributed by atoms with van der Waals surface area (Å²) in [5.41, 5.74) is 1.25. The summed E-state index contributed by atoms with van der Waals surface area (Å²) >= 11 is 0. The minimum absolute atomic E-state index is 0.159. The number of esters is 1. The van der Waals surface area contributed by atoms with Crippen LogP contribution in [-0.4, -0.2) is 12.1 Å². The second-order valence-corrected chi connectivity index (χ2v) is 9.70. The van der Waals surface area contributed by atoms with E-state index < -0.39 is 0 Å². The fourth-order valence-electron chi connectivity index (χ4n) is 7.85. The lowest BCUT2D eigenvalue weighted by atomic mass is 9.28. The summed E-state index contributed by atoms with van der Waals surface area (Å²) in [5, 5.41) is 0. The van der Waals surface area contributed by atoms with Crippen LogP contribution in [0.25, 0.3) is 0 Å². The highest BCUT2D eigenvalue weighted by Gasteiger charge is 2.82. The maximum absolute atomic E-state index is 12.7. The monoisotopic (exact) mass is 288 g/mol. The third-order valence-electron chi connectivity index (χ3n) is 9.22. The Bertz CT molecular complexity index is 528. The van der Waals surface area contributed by atoms with E-state index in [9.17, 15) is 4.79 Å². The van der Waals surface area contributed by atoms with Gasteiger partial charge in [-0.3, -0.25) is 4.79 Å². The van der Waals surface area contributed by atoms with Crippen LogP contribution in [0.5, 0.6) is 0 Å². The van der Waals surface area contributed by atoms with Gasteiger partial charge in [-0.05, 0) is 67.1 Å². The molecule has 21 heavy (non-hydrogen) atoms. The van der Waals surface area contributed by atoms with Gasteiger partial charge in [0.15, 0.2) is 0 Å². The van der Waals surface area contributed by atoms with E-state index in [0.717, 1.165) is 24.7 Å². The van der Waals surface area contributed by atoms with Crippen LogP contribution in [0.2, 0.25) is 0 Å². The van der Waals surface area contributed by atoms with Gasteiger partial charge < -0.3 is 4.74 Å². The number of carbonyl (C=O) groups excluding carboxylic acids is 1. The van der Waals surface area contributed by atoms with Crippen LogP contribution < -0.4 is 0 Å². The van der Waals surface area contributed by atoms with Gasteiger partial charge in [-0.15, -0.1) is 0 Å². The summed E-state index contributed by atoms with van der Waals surface area (Å²) in [6, 6.07) is 0. The summed E-state index contributed by atoms with van der Waals surface area (Å²) in [4.78, 5) is 12.7. The zero-order chi connectivity index (χ0) is 14.6. The van der Waals surface area contributed by atoms with Crippen LogP contribution in [0.4, 0.5) is 0 Å². The van der Waals surface area contributed by atoms with Gasteiger partial charge in [0.2, 0.25) is 0 Å². The number of carbonyl (C=O) groups is 1. The summed E-state index contributed by atoms with van der Waals surface area (Å²) in [5.74, 6) is 2.68. The van der Waals surface area contributed by atoms with Crippen molar-refractivity contribution in [2.45, 2.75) is 71.8 Å². The van der Waals surface area contributed by atoms with Gasteiger partial charge in [-0.25, -0.2) is 0 Å². The third kappa shape index (κ3) is 1.23. The Labute approximate surface area is 128 Å². The Morgan fingerprint density at radius 2 is 1.90 bits per heavy atom. The first-order valence-corrected chi connectivity index (χ1v) is 9.08. The van der Waals surface area contributed by atoms with Gasteiger partial charge in [0.1, 0.15) is 6.10 Å². The van der Waals surface area contributed by atoms with Gasteiger partial charge in [-0.1, -0.05) is 27.2 Å². The molecule has 0 amide bonds. The van der Waals surface area contributed by atoms with Crippen LogP contribution in [-0.2, 0) is 9.53 Å². The molecule has 116 valence electrons. The molecule has 0 aromatic carbocycles. The van der Waals surface area contributed by atoms with Crippen molar-refractivity contribution in [3.63, 3.8) is 0 Å². The van der Waals surface area contributed by atoms with Crippen molar-refractivity contribution in [1.82, 2.24) is 0 Å². The average molecular weight is 288 g/mol. The highest BCUT2D eigenvalue weighted by Crippen LogP contribution is 2.86. The molecule has 8 atom stereocenters. The predicted octanol–water partition coefficient (Wildman–Crippen LogP) is 4.18. The lowest BCUT2D eigenvalue weighted by Crippen LogP contribution is -2.70. The lowest BCUT2D eigenvalue weighted by Gasteiger charge is -2.75. The smallest absolute Gasteiger partial charge is 0.309 e. The van der Waals surface area contributed by atoms with E-state index in [0.29, 0.717) is 16.7 Å². The van der Waals surface area contributed by atoms with Gasteiger partial charge >= 0.3 is 5.97 Å². The summed E-state index contributed by atoms with van der Waals surface area (Å²) in [7, 11) is 0. The van der Waals surface area contributed by atoms with E-state index in [1.807, 2.05) is 0 Å². The van der Waals surface area contributed by atoms with Gasteiger partial charge in [0.25, 0.3) is 0 Å². The highest BCUT2D eigenvalue weighted by molar-refractivity contribution is 5.74. The molecule has 0 aromatic rings. The van der Waals surface area contributed by atoms with Crippen molar-refractivity contribution in [3.05, 3.63) is 0 Å². The van der Waals surface area contributed by atoms with Gasteiger partial charge in [-0.2, -0.15) is 0 Å². The second kappa shape index (κ2) is 3.51. The van der Waals surface area contributed by atoms with Gasteiger partial charge in [0, 0.05) is 5.41 Å². The molecule has 0 aliphatic heterocycles. The molecule has 2 heteroatoms. The molecule has 5 rings (SSSR count). The van der Waals surface area contributed by atoms with E-state index in [2.05, 4.69) is 20.8 Å². The fraction of sp³-hybridized carbons (Fsp3) is 0.947. The van der Waals surface area contributed by atoms with Crippen molar-refractivity contribution < 1.29 is 9.53 Å². The molecule has 0 saturated heterocycles. The van der Waals surface area contributed by atoms with E-state index in [1.54, 1.807) is 0 Å². The predicted molar refractivity (Wildman–Crippen MR) is 80.5 cm³/mol. The minimum Gasteiger partial charge on any atom is -0.462 e. The van der Waals surface area contributed by atoms with E-state index in [4.69, 9.17) is 4.74 Å². The number of hydrogen-bond donors (Lipinski definition) is 0. The molecule has 0 radical (unpaired) electrons. The van der Waals surface area contributed by atoms with Crippen LogP contribution in [0.3, 0.4) is 0 Å². The Morgan fingerprint density at radius 3 is 2.48 bits per heavy atom. The molecular weight excluding hydrogens is 260 g/mol. The van der Waals surface area contributed by atoms with Crippen molar-refractivity contribution in [1.29, 1.82) is 0 Å². The number of ether oxygens (including phenoxy) is 1. The highest BCUT2D eigenvalue weighted by atomic mass is 16.5. The number of hydrogen-bond acceptors (Lipinski definition) is 2. The largest absolute Gasteiger partial charge is 0.462 e. The molecular formula is C19H28O2. The van der Waals surface area contributed by atoms with Crippen molar-refractivity contribution in [2.75, 3.05) is 0 Å². The topological polar surface area (TPSA) is 26.3 Å². The minimum atomic E-state index is 0.159. The zero-order valence-corrected chi connectivity index (χ0v) is 13.7. The Balaban J connectivity index is 1.33.